The number of piperidine rings is 1. The van der Waals surface area contributed by atoms with E-state index < -0.39 is 15.8 Å². The summed E-state index contributed by atoms with van der Waals surface area (Å²) in [5, 5.41) is 0. The first kappa shape index (κ1) is 16.2. The molecule has 0 atom stereocenters. The highest BCUT2D eigenvalue weighted by atomic mass is 32.2. The summed E-state index contributed by atoms with van der Waals surface area (Å²) in [6.07, 6.45) is 4.46. The Morgan fingerprint density at radius 1 is 1.19 bits per heavy atom. The molecule has 1 aromatic carbocycles. The third-order valence-corrected chi connectivity index (χ3v) is 5.04. The van der Waals surface area contributed by atoms with E-state index in [1.165, 1.54) is 25.3 Å². The predicted octanol–water partition coefficient (Wildman–Crippen LogP) is 1.56. The van der Waals surface area contributed by atoms with Gasteiger partial charge in [0.15, 0.2) is 0 Å². The van der Waals surface area contributed by atoms with E-state index in [2.05, 4.69) is 9.62 Å². The van der Waals surface area contributed by atoms with Gasteiger partial charge in [-0.15, -0.1) is 0 Å². The second-order valence-electron chi connectivity index (χ2n) is 5.37. The zero-order chi connectivity index (χ0) is 15.3. The minimum atomic E-state index is -3.70. The number of benzene rings is 1. The van der Waals surface area contributed by atoms with E-state index in [-0.39, 0.29) is 10.6 Å². The van der Waals surface area contributed by atoms with Crippen LogP contribution in [0.2, 0.25) is 0 Å². The van der Waals surface area contributed by atoms with Crippen LogP contribution in [0, 0.1) is 5.82 Å². The van der Waals surface area contributed by atoms with Crippen LogP contribution < -0.4 is 10.5 Å². The second kappa shape index (κ2) is 7.20. The van der Waals surface area contributed by atoms with Crippen LogP contribution in [-0.2, 0) is 10.0 Å². The molecule has 21 heavy (non-hydrogen) atoms. The molecule has 1 aliphatic heterocycles. The van der Waals surface area contributed by atoms with Gasteiger partial charge in [0.2, 0.25) is 10.0 Å². The number of nitrogens with two attached hydrogens (primary N) is 1. The van der Waals surface area contributed by atoms with Gasteiger partial charge in [0.25, 0.3) is 0 Å². The highest BCUT2D eigenvalue weighted by Gasteiger charge is 2.16. The lowest BCUT2D eigenvalue weighted by Gasteiger charge is -2.26. The normalized spacial score (nSPS) is 17.0. The summed E-state index contributed by atoms with van der Waals surface area (Å²) in [5.41, 5.74) is 5.57. The van der Waals surface area contributed by atoms with Gasteiger partial charge < -0.3 is 10.6 Å². The molecule has 1 aliphatic rings. The smallest absolute Gasteiger partial charge is 0.240 e. The van der Waals surface area contributed by atoms with Crippen molar-refractivity contribution >= 4 is 15.7 Å². The third kappa shape index (κ3) is 4.94. The molecule has 0 aromatic heterocycles. The van der Waals surface area contributed by atoms with Crippen molar-refractivity contribution in [3.05, 3.63) is 24.0 Å². The van der Waals surface area contributed by atoms with E-state index in [0.717, 1.165) is 38.2 Å². The number of nitrogen functional groups attached to an aromatic ring is 1. The lowest BCUT2D eigenvalue weighted by atomic mass is 10.1. The molecule has 1 fully saturated rings. The molecule has 0 aliphatic carbocycles. The average molecular weight is 315 g/mol. The lowest BCUT2D eigenvalue weighted by Crippen LogP contribution is -2.33. The van der Waals surface area contributed by atoms with Gasteiger partial charge in [-0.3, -0.25) is 0 Å². The van der Waals surface area contributed by atoms with Gasteiger partial charge in [0.1, 0.15) is 5.82 Å². The van der Waals surface area contributed by atoms with Crippen molar-refractivity contribution in [3.63, 3.8) is 0 Å². The van der Waals surface area contributed by atoms with Gasteiger partial charge in [-0.1, -0.05) is 6.42 Å². The summed E-state index contributed by atoms with van der Waals surface area (Å²) >= 11 is 0. The van der Waals surface area contributed by atoms with Crippen molar-refractivity contribution in [1.29, 1.82) is 0 Å². The SMILES string of the molecule is Nc1cc(F)cc(S(=O)(=O)NCCCN2CCCCC2)c1. The van der Waals surface area contributed by atoms with Crippen molar-refractivity contribution in [2.45, 2.75) is 30.6 Å². The minimum absolute atomic E-state index is 0.101. The minimum Gasteiger partial charge on any atom is -0.399 e. The van der Waals surface area contributed by atoms with Gasteiger partial charge in [0, 0.05) is 12.2 Å². The van der Waals surface area contributed by atoms with Crippen LogP contribution >= 0.6 is 0 Å². The third-order valence-electron chi connectivity index (χ3n) is 3.60. The largest absolute Gasteiger partial charge is 0.399 e. The zero-order valence-electron chi connectivity index (χ0n) is 12.0. The first-order valence-electron chi connectivity index (χ1n) is 7.25. The van der Waals surface area contributed by atoms with E-state index in [4.69, 9.17) is 5.73 Å². The number of hydrogen-bond donors (Lipinski definition) is 2. The van der Waals surface area contributed by atoms with Crippen LogP contribution in [0.1, 0.15) is 25.7 Å². The van der Waals surface area contributed by atoms with Crippen LogP contribution in [0.25, 0.3) is 0 Å². The van der Waals surface area contributed by atoms with Crippen LogP contribution in [0.5, 0.6) is 0 Å². The van der Waals surface area contributed by atoms with E-state index in [1.54, 1.807) is 0 Å². The van der Waals surface area contributed by atoms with E-state index in [1.807, 2.05) is 0 Å². The van der Waals surface area contributed by atoms with Crippen molar-refractivity contribution in [2.75, 3.05) is 31.9 Å². The van der Waals surface area contributed by atoms with E-state index >= 15 is 0 Å². The standard InChI is InChI=1S/C14H22FN3O2S/c15-12-9-13(16)11-14(10-12)21(19,20)17-5-4-8-18-6-2-1-3-7-18/h9-11,17H,1-8,16H2. The van der Waals surface area contributed by atoms with Crippen molar-refractivity contribution in [2.24, 2.45) is 0 Å². The van der Waals surface area contributed by atoms with Crippen LogP contribution in [0.4, 0.5) is 10.1 Å². The summed E-state index contributed by atoms with van der Waals surface area (Å²) in [6, 6.07) is 3.33. The Balaban J connectivity index is 1.83. The number of hydrogen-bond acceptors (Lipinski definition) is 4. The molecule has 0 radical (unpaired) electrons. The Labute approximate surface area is 125 Å². The molecule has 0 unspecified atom stereocenters. The Morgan fingerprint density at radius 3 is 2.57 bits per heavy atom. The molecule has 2 rings (SSSR count). The molecule has 1 saturated heterocycles. The molecule has 1 aromatic rings. The molecule has 0 amide bonds. The fourth-order valence-corrected chi connectivity index (χ4v) is 3.65. The topological polar surface area (TPSA) is 75.4 Å². The summed E-state index contributed by atoms with van der Waals surface area (Å²) in [5.74, 6) is -0.649. The lowest BCUT2D eigenvalue weighted by molar-refractivity contribution is 0.227. The van der Waals surface area contributed by atoms with Gasteiger partial charge in [-0.05, 0) is 57.1 Å². The molecule has 5 nitrogen and oxygen atoms in total. The van der Waals surface area contributed by atoms with Crippen LogP contribution in [0.15, 0.2) is 23.1 Å². The monoisotopic (exact) mass is 315 g/mol. The number of rotatable bonds is 6. The summed E-state index contributed by atoms with van der Waals surface area (Å²) in [4.78, 5) is 2.22. The predicted molar refractivity (Wildman–Crippen MR) is 80.9 cm³/mol. The van der Waals surface area contributed by atoms with Crippen molar-refractivity contribution < 1.29 is 12.8 Å². The maximum atomic E-state index is 13.2. The fourth-order valence-electron chi connectivity index (χ4n) is 2.52. The highest BCUT2D eigenvalue weighted by molar-refractivity contribution is 7.89. The Kier molecular flexibility index (Phi) is 5.55. The zero-order valence-corrected chi connectivity index (χ0v) is 12.8. The van der Waals surface area contributed by atoms with Gasteiger partial charge in [-0.2, -0.15) is 0 Å². The summed E-state index contributed by atoms with van der Waals surface area (Å²) in [6.45, 7) is 3.41. The number of likely N-dealkylation sites (tertiary alicyclic amines) is 1. The first-order valence-corrected chi connectivity index (χ1v) is 8.74. The number of halogens is 1. The molecule has 0 saturated carbocycles. The first-order chi connectivity index (χ1) is 9.97. The van der Waals surface area contributed by atoms with Gasteiger partial charge >= 0.3 is 0 Å². The molecule has 0 spiro atoms. The average Bonchev–Trinajstić information content (AvgIpc) is 2.44. The fraction of sp³-hybridized carbons (Fsp3) is 0.571. The van der Waals surface area contributed by atoms with Crippen LogP contribution in [0.3, 0.4) is 0 Å². The van der Waals surface area contributed by atoms with Gasteiger partial charge in [0.05, 0.1) is 4.90 Å². The molecule has 118 valence electrons. The maximum absolute atomic E-state index is 13.2. The molecular weight excluding hydrogens is 293 g/mol. The molecular formula is C14H22FN3O2S. The number of nitrogens with one attached hydrogen (secondary N) is 1. The van der Waals surface area contributed by atoms with Crippen molar-refractivity contribution in [3.8, 4) is 0 Å². The Hall–Kier alpha value is -1.18. The molecule has 1 heterocycles. The molecule has 0 bridgehead atoms. The van der Waals surface area contributed by atoms with E-state index in [0.29, 0.717) is 6.54 Å². The molecule has 3 N–H and O–H groups in total. The van der Waals surface area contributed by atoms with E-state index in [9.17, 15) is 12.8 Å². The molecule has 7 heteroatoms. The van der Waals surface area contributed by atoms with Gasteiger partial charge in [-0.25, -0.2) is 17.5 Å². The number of anilines is 1. The van der Waals surface area contributed by atoms with Crippen molar-refractivity contribution in [1.82, 2.24) is 9.62 Å². The Bertz CT molecular complexity index is 551. The summed E-state index contributed by atoms with van der Waals surface area (Å²) in [7, 11) is -3.70. The second-order valence-corrected chi connectivity index (χ2v) is 7.14. The van der Waals surface area contributed by atoms with Crippen LogP contribution in [-0.4, -0.2) is 39.5 Å². The highest BCUT2D eigenvalue weighted by Crippen LogP contribution is 2.15. The summed E-state index contributed by atoms with van der Waals surface area (Å²) < 4.78 is 39.8. The Morgan fingerprint density at radius 2 is 1.90 bits per heavy atom. The maximum Gasteiger partial charge on any atom is 0.240 e. The quantitative estimate of drug-likeness (QED) is 0.617. The number of nitrogens with zero attached hydrogens (tertiary/aromatic N) is 1. The number of sulfonamides is 1.